The fraction of sp³-hybridized carbons (Fsp3) is 0.200. The van der Waals surface area contributed by atoms with Crippen LogP contribution in [0.4, 0.5) is 0 Å². The minimum absolute atomic E-state index is 0.0221. The predicted octanol–water partition coefficient (Wildman–Crippen LogP) is 1.92. The van der Waals surface area contributed by atoms with Crippen molar-refractivity contribution in [1.29, 1.82) is 0 Å². The first-order chi connectivity index (χ1) is 13.4. The molecule has 0 aliphatic carbocycles. The number of ether oxygens (including phenoxy) is 1. The van der Waals surface area contributed by atoms with E-state index < -0.39 is 16.1 Å². The Bertz CT molecular complexity index is 1010. The number of nitrogens with one attached hydrogen (secondary N) is 1. The molecule has 3 rings (SSSR count). The zero-order valence-corrected chi connectivity index (χ0v) is 16.4. The third-order valence-electron chi connectivity index (χ3n) is 4.33. The molecule has 1 aliphatic rings. The highest BCUT2D eigenvalue weighted by molar-refractivity contribution is 7.88. The number of nitrogens with zero attached hydrogens (tertiary/aromatic N) is 2. The van der Waals surface area contributed by atoms with Gasteiger partial charge in [0.05, 0.1) is 12.8 Å². The summed E-state index contributed by atoms with van der Waals surface area (Å²) in [4.78, 5) is 12.6. The lowest BCUT2D eigenvalue weighted by atomic mass is 10.1. The average Bonchev–Trinajstić information content (AvgIpc) is 2.70. The lowest BCUT2D eigenvalue weighted by Gasteiger charge is -2.23. The van der Waals surface area contributed by atoms with Crippen molar-refractivity contribution in [2.45, 2.75) is 6.42 Å². The number of amides is 1. The van der Waals surface area contributed by atoms with Gasteiger partial charge in [-0.2, -0.15) is 8.42 Å². The smallest absolute Gasteiger partial charge is 0.345 e. The van der Waals surface area contributed by atoms with Crippen molar-refractivity contribution in [3.63, 3.8) is 0 Å². The van der Waals surface area contributed by atoms with Crippen LogP contribution in [0, 0.1) is 0 Å². The average molecular weight is 399 g/mol. The summed E-state index contributed by atoms with van der Waals surface area (Å²) in [6, 6.07) is 16.5. The molecular weight excluding hydrogens is 378 g/mol. The minimum Gasteiger partial charge on any atom is -0.497 e. The number of rotatable bonds is 6. The van der Waals surface area contributed by atoms with Gasteiger partial charge in [0.25, 0.3) is 5.91 Å². The molecular formula is C20H21N3O4S. The number of carbonyl (C=O) groups excluding carboxylic acids is 1. The van der Waals surface area contributed by atoms with E-state index in [4.69, 9.17) is 4.74 Å². The molecule has 0 radical (unpaired) electrons. The van der Waals surface area contributed by atoms with E-state index in [2.05, 4.69) is 9.71 Å². The predicted molar refractivity (Wildman–Crippen MR) is 107 cm³/mol. The summed E-state index contributed by atoms with van der Waals surface area (Å²) in [5, 5.41) is 2.77. The topological polar surface area (TPSA) is 88.1 Å². The van der Waals surface area contributed by atoms with Crippen LogP contribution in [0.1, 0.15) is 11.1 Å². The van der Waals surface area contributed by atoms with Gasteiger partial charge in [0.15, 0.2) is 0 Å². The molecule has 0 aromatic heterocycles. The molecule has 0 spiro atoms. The van der Waals surface area contributed by atoms with Crippen LogP contribution in [-0.2, 0) is 21.4 Å². The molecule has 8 heteroatoms. The van der Waals surface area contributed by atoms with E-state index in [1.54, 1.807) is 31.4 Å². The third-order valence-corrected chi connectivity index (χ3v) is 5.65. The van der Waals surface area contributed by atoms with Gasteiger partial charge in [-0.05, 0) is 42.3 Å². The van der Waals surface area contributed by atoms with E-state index in [0.717, 1.165) is 9.87 Å². The van der Waals surface area contributed by atoms with Gasteiger partial charge < -0.3 is 10.1 Å². The zero-order chi connectivity index (χ0) is 20.1. The Kier molecular flexibility index (Phi) is 5.79. The monoisotopic (exact) mass is 399 g/mol. The maximum absolute atomic E-state index is 12.6. The van der Waals surface area contributed by atoms with E-state index in [9.17, 15) is 13.2 Å². The molecule has 1 amide bonds. The Hall–Kier alpha value is -3.13. The van der Waals surface area contributed by atoms with Gasteiger partial charge in [-0.1, -0.05) is 30.3 Å². The standard InChI is InChI=1S/C20H21N3O4S/c1-23-19(20(24)21-13-12-15-6-4-3-5-7-15)14-18(22-28(23,25)26)16-8-10-17(27-2)11-9-16/h3-11,14H,12-13H2,1-2H3,(H,21,24). The highest BCUT2D eigenvalue weighted by Crippen LogP contribution is 2.21. The first kappa shape index (κ1) is 19.6. The summed E-state index contributed by atoms with van der Waals surface area (Å²) in [6.45, 7) is 0.392. The molecule has 1 aliphatic heterocycles. The molecule has 0 unspecified atom stereocenters. The van der Waals surface area contributed by atoms with Crippen LogP contribution >= 0.6 is 0 Å². The first-order valence-corrected chi connectivity index (χ1v) is 10.1. The maximum Gasteiger partial charge on any atom is 0.345 e. The number of methoxy groups -OCH3 is 1. The molecule has 2 aromatic rings. The van der Waals surface area contributed by atoms with Crippen LogP contribution < -0.4 is 10.1 Å². The number of hydrogen-bond donors (Lipinski definition) is 1. The second-order valence-corrected chi connectivity index (χ2v) is 7.80. The van der Waals surface area contributed by atoms with Gasteiger partial charge in [-0.25, -0.2) is 4.31 Å². The molecule has 1 heterocycles. The third kappa shape index (κ3) is 4.40. The van der Waals surface area contributed by atoms with E-state index in [1.807, 2.05) is 30.3 Å². The highest BCUT2D eigenvalue weighted by Gasteiger charge is 2.29. The Morgan fingerprint density at radius 2 is 1.79 bits per heavy atom. The second kappa shape index (κ2) is 8.26. The van der Waals surface area contributed by atoms with Crippen molar-refractivity contribution < 1.29 is 17.9 Å². The van der Waals surface area contributed by atoms with E-state index in [-0.39, 0.29) is 11.4 Å². The lowest BCUT2D eigenvalue weighted by molar-refractivity contribution is -0.118. The van der Waals surface area contributed by atoms with Gasteiger partial charge in [0.1, 0.15) is 11.4 Å². The summed E-state index contributed by atoms with van der Waals surface area (Å²) < 4.78 is 34.6. The Labute approximate surface area is 164 Å². The van der Waals surface area contributed by atoms with Crippen LogP contribution in [0.15, 0.2) is 70.8 Å². The molecule has 28 heavy (non-hydrogen) atoms. The maximum atomic E-state index is 12.6. The van der Waals surface area contributed by atoms with Crippen LogP contribution in [0.5, 0.6) is 5.75 Å². The number of benzene rings is 2. The highest BCUT2D eigenvalue weighted by atomic mass is 32.2. The number of carbonyl (C=O) groups is 1. The van der Waals surface area contributed by atoms with Crippen molar-refractivity contribution in [1.82, 2.24) is 9.62 Å². The SMILES string of the molecule is COc1ccc(C2=NS(=O)(=O)N(C)C(C(=O)NCCc3ccccc3)=C2)cc1. The Balaban J connectivity index is 1.78. The van der Waals surface area contributed by atoms with Crippen molar-refractivity contribution >= 4 is 21.8 Å². The van der Waals surface area contributed by atoms with E-state index in [0.29, 0.717) is 24.3 Å². The van der Waals surface area contributed by atoms with Crippen molar-refractivity contribution in [3.05, 3.63) is 77.5 Å². The quantitative estimate of drug-likeness (QED) is 0.804. The summed E-state index contributed by atoms with van der Waals surface area (Å²) in [7, 11) is -1.13. The van der Waals surface area contributed by atoms with Gasteiger partial charge in [-0.15, -0.1) is 4.40 Å². The van der Waals surface area contributed by atoms with E-state index in [1.165, 1.54) is 13.1 Å². The summed E-state index contributed by atoms with van der Waals surface area (Å²) >= 11 is 0. The normalized spacial score (nSPS) is 15.4. The molecule has 0 bridgehead atoms. The molecule has 0 fully saturated rings. The lowest BCUT2D eigenvalue weighted by Crippen LogP contribution is -2.39. The van der Waals surface area contributed by atoms with Crippen molar-refractivity contribution in [3.8, 4) is 5.75 Å². The number of likely N-dealkylation sites (N-methyl/N-ethyl adjacent to an activating group) is 1. The molecule has 0 atom stereocenters. The number of hydrogen-bond acceptors (Lipinski definition) is 4. The van der Waals surface area contributed by atoms with E-state index >= 15 is 0 Å². The van der Waals surface area contributed by atoms with Crippen molar-refractivity contribution in [2.24, 2.45) is 4.40 Å². The molecule has 146 valence electrons. The van der Waals surface area contributed by atoms with Crippen LogP contribution in [-0.4, -0.2) is 45.0 Å². The fourth-order valence-electron chi connectivity index (χ4n) is 2.72. The summed E-state index contributed by atoms with van der Waals surface area (Å²) in [5.74, 6) is 0.172. The van der Waals surface area contributed by atoms with Crippen molar-refractivity contribution in [2.75, 3.05) is 20.7 Å². The molecule has 0 saturated heterocycles. The van der Waals surface area contributed by atoms with Gasteiger partial charge >= 0.3 is 10.2 Å². The molecule has 1 N–H and O–H groups in total. The minimum atomic E-state index is -3.98. The van der Waals surface area contributed by atoms with Gasteiger partial charge in [0, 0.05) is 19.2 Å². The Morgan fingerprint density at radius 1 is 1.11 bits per heavy atom. The summed E-state index contributed by atoms with van der Waals surface area (Å²) in [6.07, 6.45) is 2.12. The first-order valence-electron chi connectivity index (χ1n) is 8.68. The molecule has 2 aromatic carbocycles. The largest absolute Gasteiger partial charge is 0.497 e. The Morgan fingerprint density at radius 3 is 2.43 bits per heavy atom. The second-order valence-electron chi connectivity index (χ2n) is 6.17. The fourth-order valence-corrected chi connectivity index (χ4v) is 3.63. The summed E-state index contributed by atoms with van der Waals surface area (Å²) in [5.41, 5.74) is 1.89. The molecule has 0 saturated carbocycles. The molecule has 7 nitrogen and oxygen atoms in total. The zero-order valence-electron chi connectivity index (χ0n) is 15.6. The van der Waals surface area contributed by atoms with Crippen LogP contribution in [0.25, 0.3) is 0 Å². The van der Waals surface area contributed by atoms with Crippen LogP contribution in [0.2, 0.25) is 0 Å². The van der Waals surface area contributed by atoms with Gasteiger partial charge in [0.2, 0.25) is 0 Å². The van der Waals surface area contributed by atoms with Gasteiger partial charge in [-0.3, -0.25) is 4.79 Å². The number of allylic oxidation sites excluding steroid dienone is 1. The van der Waals surface area contributed by atoms with Crippen LogP contribution in [0.3, 0.4) is 0 Å².